The second kappa shape index (κ2) is 24.9. The Labute approximate surface area is 499 Å². The smallest absolute Gasteiger partial charge is 0.315 e. The predicted molar refractivity (Wildman–Crippen MR) is 289 cm³/mol. The lowest BCUT2D eigenvalue weighted by Gasteiger charge is -2.71. The van der Waals surface area contributed by atoms with Gasteiger partial charge in [-0.05, 0) is 109 Å². The highest BCUT2D eigenvalue weighted by Crippen LogP contribution is 2.76. The fourth-order valence-corrected chi connectivity index (χ4v) is 17.6. The zero-order valence-electron chi connectivity index (χ0n) is 50.0. The molecule has 5 aliphatic carbocycles. The van der Waals surface area contributed by atoms with Gasteiger partial charge >= 0.3 is 5.97 Å². The van der Waals surface area contributed by atoms with Crippen LogP contribution in [0.3, 0.4) is 0 Å². The molecule has 0 aromatic carbocycles. The average Bonchev–Trinajstić information content (AvgIpc) is 0.685. The quantitative estimate of drug-likeness (QED) is 0.0454. The lowest BCUT2D eigenvalue weighted by molar-refractivity contribution is -0.391. The average molecular weight is 1240 g/mol. The van der Waals surface area contributed by atoms with Crippen molar-refractivity contribution in [3.8, 4) is 0 Å². The fourth-order valence-electron chi connectivity index (χ4n) is 17.6. The van der Waals surface area contributed by atoms with Gasteiger partial charge in [0.1, 0.15) is 116 Å². The van der Waals surface area contributed by atoms with Crippen LogP contribution < -0.4 is 0 Å². The minimum absolute atomic E-state index is 0.0436. The number of rotatable bonds is 14. The first-order chi connectivity index (χ1) is 40.3. The zero-order chi connectivity index (χ0) is 62.7. The molecule has 27 nitrogen and oxygen atoms in total. The van der Waals surface area contributed by atoms with Gasteiger partial charge in [0.25, 0.3) is 0 Å². The van der Waals surface area contributed by atoms with E-state index in [1.54, 1.807) is 0 Å². The maximum absolute atomic E-state index is 14.8. The van der Waals surface area contributed by atoms with Crippen molar-refractivity contribution >= 4 is 5.97 Å². The number of hydrogen-bond acceptors (Lipinski definition) is 27. The molecule has 5 saturated heterocycles. The molecule has 27 heteroatoms. The highest BCUT2D eigenvalue weighted by Gasteiger charge is 2.70. The van der Waals surface area contributed by atoms with Crippen molar-refractivity contribution < 1.29 is 134 Å². The lowest BCUT2D eigenvalue weighted by atomic mass is 9.33. The molecule has 0 radical (unpaired) electrons. The minimum Gasteiger partial charge on any atom is -0.432 e. The molecule has 494 valence electrons. The van der Waals surface area contributed by atoms with E-state index in [-0.39, 0.29) is 39.4 Å². The molecule has 5 heterocycles. The van der Waals surface area contributed by atoms with Gasteiger partial charge in [-0.1, -0.05) is 60.1 Å². The summed E-state index contributed by atoms with van der Waals surface area (Å²) in [6.07, 6.45) is -32.3. The summed E-state index contributed by atoms with van der Waals surface area (Å²) < 4.78 is 60.5. The normalized spacial score (nSPS) is 53.6. The first-order valence-corrected chi connectivity index (χ1v) is 30.7. The van der Waals surface area contributed by atoms with Gasteiger partial charge in [-0.15, -0.1) is 0 Å². The Hall–Kier alpha value is -1.79. The zero-order valence-corrected chi connectivity index (χ0v) is 50.0. The Bertz CT molecular complexity index is 2380. The third kappa shape index (κ3) is 11.3. The van der Waals surface area contributed by atoms with Crippen molar-refractivity contribution in [2.24, 2.45) is 50.2 Å². The van der Waals surface area contributed by atoms with E-state index in [0.29, 0.717) is 38.5 Å². The summed E-state index contributed by atoms with van der Waals surface area (Å²) in [5.74, 6) is -0.538. The van der Waals surface area contributed by atoms with Crippen molar-refractivity contribution in [1.82, 2.24) is 0 Å². The minimum atomic E-state index is -2.01. The molecule has 10 aliphatic rings. The van der Waals surface area contributed by atoms with Crippen LogP contribution in [-0.2, 0) is 52.2 Å². The molecule has 0 spiro atoms. The van der Waals surface area contributed by atoms with Crippen molar-refractivity contribution in [3.63, 3.8) is 0 Å². The number of fused-ring (bicyclic) bond motifs is 7. The van der Waals surface area contributed by atoms with Crippen molar-refractivity contribution in [3.05, 3.63) is 11.6 Å². The Morgan fingerprint density at radius 1 is 0.523 bits per heavy atom. The van der Waals surface area contributed by atoms with E-state index in [4.69, 9.17) is 47.4 Å². The summed E-state index contributed by atoms with van der Waals surface area (Å²) in [7, 11) is 0. The first-order valence-electron chi connectivity index (χ1n) is 30.7. The molecule has 32 atom stereocenters. The number of esters is 1. The topological polar surface area (TPSA) is 433 Å². The predicted octanol–water partition coefficient (Wildman–Crippen LogP) is -3.57. The number of hydrogen-bond donors (Lipinski definition) is 16. The standard InChI is InChI=1S/C59H96O27/c1-54(2)14-16-59(53(76)86-51-45(75)40(70)36(66)29(21-62)81-51)17-15-57(6)24(25(59)18-54)8-9-32-56(5)12-11-33(55(3,4)31(56)10-13-58(32,57)7)83-52-47(85-49-43(73)39(69)35(65)28(20-61)80-49)46(26(63)22-77-52)84-50-44(74)41(71)37(67)30(82-50)23-78-48-42(72)38(68)34(64)27(19-60)79-48/h8,25-52,60-75H,9-23H2,1-7H3/t25-,26-,27+,28+,29+,30+,31-,32+,33-,34+,35+,36+,37+,38-,39-,40-,41-,42+,43+,44+,45+,46-,47+,48+,49-,50-,51-,52-,56-,57+,58+,59-/m0/s1. The maximum Gasteiger partial charge on any atom is 0.315 e. The van der Waals surface area contributed by atoms with Crippen LogP contribution in [0.25, 0.3) is 0 Å². The summed E-state index contributed by atoms with van der Waals surface area (Å²) in [6, 6.07) is 0. The van der Waals surface area contributed by atoms with Crippen LogP contribution in [0, 0.1) is 50.2 Å². The van der Waals surface area contributed by atoms with Gasteiger partial charge in [-0.3, -0.25) is 4.79 Å². The second-order valence-corrected chi connectivity index (χ2v) is 28.7. The molecule has 0 aromatic rings. The highest BCUT2D eigenvalue weighted by atomic mass is 16.8. The van der Waals surface area contributed by atoms with E-state index < -0.39 is 203 Å². The molecule has 86 heavy (non-hydrogen) atoms. The molecule has 0 bridgehead atoms. The molecular formula is C59H96O27. The van der Waals surface area contributed by atoms with Gasteiger partial charge in [0, 0.05) is 0 Å². The second-order valence-electron chi connectivity index (χ2n) is 28.7. The van der Waals surface area contributed by atoms with Crippen molar-refractivity contribution in [1.29, 1.82) is 0 Å². The van der Waals surface area contributed by atoms with Gasteiger partial charge < -0.3 is 129 Å². The summed E-state index contributed by atoms with van der Waals surface area (Å²) in [4.78, 5) is 14.8. The van der Waals surface area contributed by atoms with Crippen LogP contribution in [0.5, 0.6) is 0 Å². The number of aliphatic hydroxyl groups is 16. The van der Waals surface area contributed by atoms with Crippen LogP contribution in [0.1, 0.15) is 113 Å². The van der Waals surface area contributed by atoms with Crippen LogP contribution in [0.15, 0.2) is 11.6 Å². The lowest BCUT2D eigenvalue weighted by Crippen LogP contribution is -2.67. The number of ether oxygens (including phenoxy) is 10. The van der Waals surface area contributed by atoms with E-state index >= 15 is 0 Å². The highest BCUT2D eigenvalue weighted by molar-refractivity contribution is 5.79. The van der Waals surface area contributed by atoms with Crippen LogP contribution >= 0.6 is 0 Å². The van der Waals surface area contributed by atoms with Crippen LogP contribution in [0.4, 0.5) is 0 Å². The Balaban J connectivity index is 0.893. The van der Waals surface area contributed by atoms with E-state index in [1.807, 2.05) is 0 Å². The first kappa shape index (κ1) is 67.1. The van der Waals surface area contributed by atoms with Crippen LogP contribution in [-0.4, -0.2) is 274 Å². The number of carbonyl (C=O) groups is 1. The molecule has 16 N–H and O–H groups in total. The Morgan fingerprint density at radius 2 is 1.02 bits per heavy atom. The van der Waals surface area contributed by atoms with Crippen molar-refractivity contribution in [2.45, 2.75) is 266 Å². The van der Waals surface area contributed by atoms with E-state index in [2.05, 4.69) is 54.5 Å². The molecule has 0 aromatic heterocycles. The summed E-state index contributed by atoms with van der Waals surface area (Å²) >= 11 is 0. The van der Waals surface area contributed by atoms with Gasteiger partial charge in [0.15, 0.2) is 25.2 Å². The van der Waals surface area contributed by atoms with Gasteiger partial charge in [0.2, 0.25) is 6.29 Å². The molecule has 9 fully saturated rings. The van der Waals surface area contributed by atoms with Crippen molar-refractivity contribution in [2.75, 3.05) is 33.0 Å². The van der Waals surface area contributed by atoms with Gasteiger partial charge in [-0.2, -0.15) is 0 Å². The number of aliphatic hydroxyl groups excluding tert-OH is 16. The largest absolute Gasteiger partial charge is 0.432 e. The molecule has 0 amide bonds. The van der Waals surface area contributed by atoms with Crippen LogP contribution in [0.2, 0.25) is 0 Å². The SMILES string of the molecule is CC1(C)CC[C@]2(C(=O)O[C@@H]3O[C@H](CO)[C@@H](O)[C@H](O)[C@H]3O)CC[C@]3(C)C(=CC[C@@H]4[C@@]5(C)CC[C@H](O[C@@H]6OC[C@H](O)[C@H](O[C@@H]7O[C@H](CO[C@@H]8O[C@H](CO)[C@@H](O)[C@H](O)[C@H]8O)[C@@H](O)[C@H](O)[C@H]7O)[C@H]6O[C@@H]6O[C@H](CO)[C@@H](O)[C@H](O)[C@H]6O)C(C)(C)[C@@H]5CC[C@]43C)[C@@H]2C1. The molecular weight excluding hydrogens is 1140 g/mol. The Morgan fingerprint density at radius 3 is 1.60 bits per heavy atom. The molecule has 5 aliphatic heterocycles. The number of carbonyl (C=O) groups excluding carboxylic acids is 1. The van der Waals surface area contributed by atoms with E-state index in [1.165, 1.54) is 5.57 Å². The molecule has 0 unspecified atom stereocenters. The van der Waals surface area contributed by atoms with E-state index in [9.17, 15) is 86.5 Å². The van der Waals surface area contributed by atoms with E-state index in [0.717, 1.165) is 25.7 Å². The Kier molecular flexibility index (Phi) is 19.4. The fraction of sp³-hybridized carbons (Fsp3) is 0.949. The monoisotopic (exact) mass is 1240 g/mol. The molecule has 4 saturated carbocycles. The number of allylic oxidation sites excluding steroid dienone is 2. The van der Waals surface area contributed by atoms with Gasteiger partial charge in [0.05, 0.1) is 44.6 Å². The van der Waals surface area contributed by atoms with Gasteiger partial charge in [-0.25, -0.2) is 0 Å². The molecule has 10 rings (SSSR count). The summed E-state index contributed by atoms with van der Waals surface area (Å²) in [5.41, 5.74) is -1.34. The third-order valence-electron chi connectivity index (χ3n) is 23.1. The summed E-state index contributed by atoms with van der Waals surface area (Å²) in [5, 5.41) is 171. The summed E-state index contributed by atoms with van der Waals surface area (Å²) in [6.45, 7) is 12.4. The third-order valence-corrected chi connectivity index (χ3v) is 23.1. The maximum atomic E-state index is 14.8.